The molecule has 26 heavy (non-hydrogen) atoms. The van der Waals surface area contributed by atoms with E-state index in [9.17, 15) is 9.59 Å². The number of hydrogen-bond donors (Lipinski definition) is 0. The van der Waals surface area contributed by atoms with Crippen molar-refractivity contribution in [2.75, 3.05) is 6.54 Å². The number of carbonyl (C=O) groups is 2. The number of nitrogens with zero attached hydrogens (tertiary/aromatic N) is 1. The summed E-state index contributed by atoms with van der Waals surface area (Å²) in [7, 11) is 0. The van der Waals surface area contributed by atoms with Crippen LogP contribution >= 0.6 is 23.4 Å². The Kier molecular flexibility index (Phi) is 5.35. The molecule has 3 rings (SSSR count). The largest absolute Gasteiger partial charge is 0.270 e. The Labute approximate surface area is 162 Å². The summed E-state index contributed by atoms with van der Waals surface area (Å²) in [5.41, 5.74) is 3.32. The monoisotopic (exact) mass is 383 g/mol. The van der Waals surface area contributed by atoms with Crippen molar-refractivity contribution in [2.45, 2.75) is 18.7 Å². The van der Waals surface area contributed by atoms with Gasteiger partial charge in [-0.15, -0.1) is 6.58 Å². The van der Waals surface area contributed by atoms with E-state index < -0.39 is 0 Å². The molecule has 2 aromatic rings. The molecular formula is C21H18ClNO2S. The standard InChI is InChI=1S/C21H18ClNO2S/c1-4-11-23-20(24)18(17-10-5-13(2)12-14(17)3)19(21(23)25)26-16-8-6-15(22)7-9-16/h4-10,12H,1,11H2,2-3H3. The maximum Gasteiger partial charge on any atom is 0.268 e. The minimum atomic E-state index is -0.287. The van der Waals surface area contributed by atoms with E-state index in [1.165, 1.54) is 16.7 Å². The summed E-state index contributed by atoms with van der Waals surface area (Å²) in [5.74, 6) is -0.567. The number of hydrogen-bond acceptors (Lipinski definition) is 3. The van der Waals surface area contributed by atoms with Crippen molar-refractivity contribution < 1.29 is 9.59 Å². The van der Waals surface area contributed by atoms with Crippen molar-refractivity contribution in [3.63, 3.8) is 0 Å². The molecule has 0 N–H and O–H groups in total. The Balaban J connectivity index is 2.12. The lowest BCUT2D eigenvalue weighted by Crippen LogP contribution is -2.31. The number of thioether (sulfide) groups is 1. The normalized spacial score (nSPS) is 14.3. The number of benzene rings is 2. The van der Waals surface area contributed by atoms with Gasteiger partial charge in [0.25, 0.3) is 11.8 Å². The first kappa shape index (κ1) is 18.5. The molecular weight excluding hydrogens is 366 g/mol. The fraction of sp³-hybridized carbons (Fsp3) is 0.143. The van der Waals surface area contributed by atoms with Crippen LogP contribution in [-0.2, 0) is 9.59 Å². The summed E-state index contributed by atoms with van der Waals surface area (Å²) in [6.45, 7) is 7.80. The van der Waals surface area contributed by atoms with E-state index in [4.69, 9.17) is 11.6 Å². The molecule has 1 aliphatic heterocycles. The van der Waals surface area contributed by atoms with Crippen molar-refractivity contribution in [2.24, 2.45) is 0 Å². The molecule has 132 valence electrons. The fourth-order valence-electron chi connectivity index (χ4n) is 2.90. The number of aryl methyl sites for hydroxylation is 2. The molecule has 0 unspecified atom stereocenters. The third kappa shape index (κ3) is 3.48. The van der Waals surface area contributed by atoms with Crippen molar-refractivity contribution in [1.82, 2.24) is 4.90 Å². The lowest BCUT2D eigenvalue weighted by atomic mass is 9.99. The molecule has 0 aromatic heterocycles. The van der Waals surface area contributed by atoms with Gasteiger partial charge >= 0.3 is 0 Å². The molecule has 5 heteroatoms. The zero-order chi connectivity index (χ0) is 18.8. The molecule has 0 saturated heterocycles. The number of imide groups is 1. The summed E-state index contributed by atoms with van der Waals surface area (Å²) in [6, 6.07) is 13.1. The lowest BCUT2D eigenvalue weighted by Gasteiger charge is -2.12. The molecule has 1 heterocycles. The zero-order valence-electron chi connectivity index (χ0n) is 14.6. The Morgan fingerprint density at radius 2 is 1.77 bits per heavy atom. The number of rotatable bonds is 5. The third-order valence-corrected chi connectivity index (χ3v) is 5.46. The van der Waals surface area contributed by atoms with E-state index in [0.29, 0.717) is 15.5 Å². The quantitative estimate of drug-likeness (QED) is 0.537. The van der Waals surface area contributed by atoms with Crippen LogP contribution in [0.4, 0.5) is 0 Å². The van der Waals surface area contributed by atoms with Crippen LogP contribution in [-0.4, -0.2) is 23.3 Å². The zero-order valence-corrected chi connectivity index (χ0v) is 16.2. The second kappa shape index (κ2) is 7.52. The first-order chi connectivity index (χ1) is 12.4. The number of amides is 2. The van der Waals surface area contributed by atoms with Gasteiger partial charge in [0.2, 0.25) is 0 Å². The van der Waals surface area contributed by atoms with Gasteiger partial charge in [0.15, 0.2) is 0 Å². The maximum absolute atomic E-state index is 13.0. The molecule has 2 amide bonds. The van der Waals surface area contributed by atoms with Gasteiger partial charge in [-0.1, -0.05) is 53.2 Å². The van der Waals surface area contributed by atoms with Crippen molar-refractivity contribution >= 4 is 40.8 Å². The predicted molar refractivity (Wildman–Crippen MR) is 107 cm³/mol. The van der Waals surface area contributed by atoms with Gasteiger partial charge in [0.05, 0.1) is 10.5 Å². The Bertz CT molecular complexity index is 932. The lowest BCUT2D eigenvalue weighted by molar-refractivity contribution is -0.135. The van der Waals surface area contributed by atoms with Gasteiger partial charge in [-0.2, -0.15) is 0 Å². The third-order valence-electron chi connectivity index (χ3n) is 4.12. The Morgan fingerprint density at radius 1 is 1.08 bits per heavy atom. The summed E-state index contributed by atoms with van der Waals surface area (Å²) >= 11 is 7.23. The second-order valence-corrected chi connectivity index (χ2v) is 7.61. The van der Waals surface area contributed by atoms with E-state index >= 15 is 0 Å². The topological polar surface area (TPSA) is 37.4 Å². The van der Waals surface area contributed by atoms with Crippen LogP contribution in [0.15, 0.2) is 64.9 Å². The van der Waals surface area contributed by atoms with Crippen LogP contribution < -0.4 is 0 Å². The van der Waals surface area contributed by atoms with Crippen LogP contribution in [0.25, 0.3) is 5.57 Å². The molecule has 3 nitrogen and oxygen atoms in total. The Hall–Kier alpha value is -2.30. The summed E-state index contributed by atoms with van der Waals surface area (Å²) in [6.07, 6.45) is 1.56. The first-order valence-electron chi connectivity index (χ1n) is 8.14. The first-order valence-corrected chi connectivity index (χ1v) is 9.34. The molecule has 2 aromatic carbocycles. The average Bonchev–Trinajstić information content (AvgIpc) is 2.82. The summed E-state index contributed by atoms with van der Waals surface area (Å²) < 4.78 is 0. The molecule has 0 spiro atoms. The highest BCUT2D eigenvalue weighted by molar-refractivity contribution is 8.04. The molecule has 0 atom stereocenters. The molecule has 0 aliphatic carbocycles. The van der Waals surface area contributed by atoms with Gasteiger partial charge < -0.3 is 0 Å². The molecule has 0 fully saturated rings. The molecule has 0 radical (unpaired) electrons. The minimum Gasteiger partial charge on any atom is -0.270 e. The number of halogens is 1. The van der Waals surface area contributed by atoms with E-state index in [1.54, 1.807) is 18.2 Å². The van der Waals surface area contributed by atoms with Gasteiger partial charge in [0, 0.05) is 16.5 Å². The van der Waals surface area contributed by atoms with Crippen LogP contribution in [0.1, 0.15) is 16.7 Å². The van der Waals surface area contributed by atoms with E-state index in [0.717, 1.165) is 21.6 Å². The van der Waals surface area contributed by atoms with E-state index in [-0.39, 0.29) is 18.4 Å². The number of carbonyl (C=O) groups excluding carboxylic acids is 2. The Morgan fingerprint density at radius 3 is 2.38 bits per heavy atom. The maximum atomic E-state index is 13.0. The smallest absolute Gasteiger partial charge is 0.268 e. The van der Waals surface area contributed by atoms with Gasteiger partial charge in [-0.05, 0) is 49.2 Å². The SMILES string of the molecule is C=CCN1C(=O)C(Sc2ccc(Cl)cc2)=C(c2ccc(C)cc2C)C1=O. The van der Waals surface area contributed by atoms with Crippen LogP contribution in [0.3, 0.4) is 0 Å². The van der Waals surface area contributed by atoms with Crippen molar-refractivity contribution in [3.8, 4) is 0 Å². The van der Waals surface area contributed by atoms with E-state index in [1.807, 2.05) is 44.2 Å². The van der Waals surface area contributed by atoms with Crippen molar-refractivity contribution in [3.05, 3.63) is 81.7 Å². The average molecular weight is 384 g/mol. The van der Waals surface area contributed by atoms with Crippen LogP contribution in [0, 0.1) is 13.8 Å². The van der Waals surface area contributed by atoms with Gasteiger partial charge in [-0.3, -0.25) is 14.5 Å². The van der Waals surface area contributed by atoms with Crippen LogP contribution in [0.2, 0.25) is 5.02 Å². The van der Waals surface area contributed by atoms with Crippen molar-refractivity contribution in [1.29, 1.82) is 0 Å². The highest BCUT2D eigenvalue weighted by Crippen LogP contribution is 2.40. The summed E-state index contributed by atoms with van der Waals surface area (Å²) in [4.78, 5) is 28.4. The molecule has 1 aliphatic rings. The highest BCUT2D eigenvalue weighted by atomic mass is 35.5. The second-order valence-electron chi connectivity index (χ2n) is 6.09. The minimum absolute atomic E-state index is 0.191. The molecule has 0 saturated carbocycles. The van der Waals surface area contributed by atoms with E-state index in [2.05, 4.69) is 6.58 Å². The van der Waals surface area contributed by atoms with Crippen LogP contribution in [0.5, 0.6) is 0 Å². The van der Waals surface area contributed by atoms with Gasteiger partial charge in [0.1, 0.15) is 0 Å². The predicted octanol–water partition coefficient (Wildman–Crippen LogP) is 5.02. The highest BCUT2D eigenvalue weighted by Gasteiger charge is 2.39. The summed E-state index contributed by atoms with van der Waals surface area (Å²) in [5, 5.41) is 0.625. The van der Waals surface area contributed by atoms with Gasteiger partial charge in [-0.25, -0.2) is 0 Å². The fourth-order valence-corrected chi connectivity index (χ4v) is 4.03. The molecule has 0 bridgehead atoms.